The fraction of sp³-hybridized carbons (Fsp3) is 0.923. The monoisotopic (exact) mass is 240 g/mol. The Kier molecular flexibility index (Phi) is 5.26. The molecule has 0 aromatic carbocycles. The lowest BCUT2D eigenvalue weighted by Gasteiger charge is -2.16. The third-order valence-electron chi connectivity index (χ3n) is 3.67. The number of hydrogen-bond donors (Lipinski definition) is 1. The van der Waals surface area contributed by atoms with E-state index in [0.29, 0.717) is 12.6 Å². The highest BCUT2D eigenvalue weighted by Crippen LogP contribution is 2.20. The van der Waals surface area contributed by atoms with Crippen molar-refractivity contribution in [2.24, 2.45) is 0 Å². The van der Waals surface area contributed by atoms with E-state index in [1.807, 2.05) is 4.90 Å². The molecule has 4 nitrogen and oxygen atoms in total. The zero-order valence-electron chi connectivity index (χ0n) is 10.6. The Morgan fingerprint density at radius 1 is 1.18 bits per heavy atom. The summed E-state index contributed by atoms with van der Waals surface area (Å²) in [6.07, 6.45) is 7.86. The van der Waals surface area contributed by atoms with Crippen molar-refractivity contribution in [3.8, 4) is 0 Å². The van der Waals surface area contributed by atoms with Gasteiger partial charge in [0.2, 0.25) is 5.91 Å². The third kappa shape index (κ3) is 4.28. The zero-order valence-corrected chi connectivity index (χ0v) is 10.6. The van der Waals surface area contributed by atoms with E-state index in [4.69, 9.17) is 4.74 Å². The average Bonchev–Trinajstić information content (AvgIpc) is 3.01. The first-order chi connectivity index (χ1) is 8.36. The molecular weight excluding hydrogens is 216 g/mol. The standard InChI is InChI=1S/C13H24N2O2/c16-13(15-8-3-4-9-15)11-14-7-10-17-12-5-1-2-6-12/h12,14H,1-11H2. The van der Waals surface area contributed by atoms with E-state index in [1.165, 1.54) is 25.7 Å². The van der Waals surface area contributed by atoms with Gasteiger partial charge in [-0.3, -0.25) is 4.79 Å². The lowest BCUT2D eigenvalue weighted by Crippen LogP contribution is -2.37. The van der Waals surface area contributed by atoms with Gasteiger partial charge in [0.15, 0.2) is 0 Å². The minimum absolute atomic E-state index is 0.239. The minimum Gasteiger partial charge on any atom is -0.377 e. The molecule has 2 fully saturated rings. The summed E-state index contributed by atoms with van der Waals surface area (Å²) in [5, 5.41) is 3.17. The fourth-order valence-electron chi connectivity index (χ4n) is 2.63. The number of rotatable bonds is 6. The van der Waals surface area contributed by atoms with Gasteiger partial charge in [0, 0.05) is 19.6 Å². The molecule has 1 amide bonds. The van der Waals surface area contributed by atoms with Crippen molar-refractivity contribution < 1.29 is 9.53 Å². The molecule has 1 aliphatic heterocycles. The van der Waals surface area contributed by atoms with Gasteiger partial charge in [-0.2, -0.15) is 0 Å². The van der Waals surface area contributed by atoms with Gasteiger partial charge in [0.05, 0.1) is 19.3 Å². The highest BCUT2D eigenvalue weighted by Gasteiger charge is 2.17. The molecule has 0 unspecified atom stereocenters. The fourth-order valence-corrected chi connectivity index (χ4v) is 2.63. The molecule has 1 saturated heterocycles. The van der Waals surface area contributed by atoms with Crippen LogP contribution in [-0.4, -0.2) is 49.7 Å². The van der Waals surface area contributed by atoms with Crippen LogP contribution in [-0.2, 0) is 9.53 Å². The number of amides is 1. The van der Waals surface area contributed by atoms with Gasteiger partial charge in [-0.1, -0.05) is 12.8 Å². The molecule has 1 aliphatic carbocycles. The Labute approximate surface area is 104 Å². The Hall–Kier alpha value is -0.610. The molecule has 1 N–H and O–H groups in total. The van der Waals surface area contributed by atoms with E-state index < -0.39 is 0 Å². The van der Waals surface area contributed by atoms with Crippen molar-refractivity contribution in [2.75, 3.05) is 32.8 Å². The van der Waals surface area contributed by atoms with Crippen LogP contribution in [0.1, 0.15) is 38.5 Å². The molecule has 2 rings (SSSR count). The lowest BCUT2D eigenvalue weighted by molar-refractivity contribution is -0.129. The summed E-state index contributed by atoms with van der Waals surface area (Å²) in [5.74, 6) is 0.239. The van der Waals surface area contributed by atoms with Crippen LogP contribution in [0.2, 0.25) is 0 Å². The first kappa shape index (κ1) is 12.8. The Balaban J connectivity index is 1.46. The van der Waals surface area contributed by atoms with Crippen LogP contribution in [0.15, 0.2) is 0 Å². The number of carbonyl (C=O) groups is 1. The van der Waals surface area contributed by atoms with Crippen LogP contribution in [0.5, 0.6) is 0 Å². The molecule has 0 atom stereocenters. The summed E-state index contributed by atoms with van der Waals surface area (Å²) in [7, 11) is 0. The predicted octanol–water partition coefficient (Wildman–Crippen LogP) is 1.16. The van der Waals surface area contributed by atoms with E-state index in [-0.39, 0.29) is 5.91 Å². The SMILES string of the molecule is O=C(CNCCOC1CCCC1)N1CCCC1. The van der Waals surface area contributed by atoms with Gasteiger partial charge >= 0.3 is 0 Å². The predicted molar refractivity (Wildman–Crippen MR) is 66.9 cm³/mol. The van der Waals surface area contributed by atoms with E-state index in [9.17, 15) is 4.79 Å². The highest BCUT2D eigenvalue weighted by molar-refractivity contribution is 5.78. The van der Waals surface area contributed by atoms with Crippen LogP contribution < -0.4 is 5.32 Å². The Morgan fingerprint density at radius 2 is 1.88 bits per heavy atom. The summed E-state index contributed by atoms with van der Waals surface area (Å²) >= 11 is 0. The van der Waals surface area contributed by atoms with Gasteiger partial charge in [0.25, 0.3) is 0 Å². The van der Waals surface area contributed by atoms with Crippen molar-refractivity contribution in [2.45, 2.75) is 44.6 Å². The van der Waals surface area contributed by atoms with Gasteiger partial charge in [-0.15, -0.1) is 0 Å². The molecule has 2 aliphatic rings. The minimum atomic E-state index is 0.239. The van der Waals surface area contributed by atoms with Crippen molar-refractivity contribution >= 4 is 5.91 Å². The molecule has 0 bridgehead atoms. The molecule has 1 saturated carbocycles. The molecule has 0 aromatic heterocycles. The largest absolute Gasteiger partial charge is 0.377 e. The summed E-state index contributed by atoms with van der Waals surface area (Å²) in [6.45, 7) is 3.88. The zero-order chi connectivity index (χ0) is 11.9. The van der Waals surface area contributed by atoms with E-state index in [1.54, 1.807) is 0 Å². The summed E-state index contributed by atoms with van der Waals surface area (Å²) in [4.78, 5) is 13.6. The Morgan fingerprint density at radius 3 is 2.59 bits per heavy atom. The summed E-state index contributed by atoms with van der Waals surface area (Å²) in [6, 6.07) is 0. The lowest BCUT2D eigenvalue weighted by atomic mass is 10.3. The number of likely N-dealkylation sites (tertiary alicyclic amines) is 1. The Bertz CT molecular complexity index is 234. The number of carbonyl (C=O) groups excluding carboxylic acids is 1. The van der Waals surface area contributed by atoms with E-state index >= 15 is 0 Å². The first-order valence-electron chi connectivity index (χ1n) is 6.96. The van der Waals surface area contributed by atoms with Crippen LogP contribution in [0.25, 0.3) is 0 Å². The van der Waals surface area contributed by atoms with Crippen molar-refractivity contribution in [3.63, 3.8) is 0 Å². The van der Waals surface area contributed by atoms with Gasteiger partial charge in [0.1, 0.15) is 0 Å². The maximum Gasteiger partial charge on any atom is 0.236 e. The average molecular weight is 240 g/mol. The van der Waals surface area contributed by atoms with E-state index in [2.05, 4.69) is 5.32 Å². The molecule has 98 valence electrons. The maximum absolute atomic E-state index is 11.7. The molecular formula is C13H24N2O2. The second kappa shape index (κ2) is 6.97. The second-order valence-corrected chi connectivity index (χ2v) is 5.04. The van der Waals surface area contributed by atoms with Crippen LogP contribution >= 0.6 is 0 Å². The molecule has 1 heterocycles. The molecule has 0 radical (unpaired) electrons. The topological polar surface area (TPSA) is 41.6 Å². The summed E-state index contributed by atoms with van der Waals surface area (Å²) in [5.41, 5.74) is 0. The third-order valence-corrected chi connectivity index (χ3v) is 3.67. The van der Waals surface area contributed by atoms with Gasteiger partial charge in [-0.25, -0.2) is 0 Å². The number of ether oxygens (including phenoxy) is 1. The normalized spacial score (nSPS) is 21.3. The summed E-state index contributed by atoms with van der Waals surface area (Å²) < 4.78 is 5.72. The van der Waals surface area contributed by atoms with Crippen molar-refractivity contribution in [1.82, 2.24) is 10.2 Å². The molecule has 4 heteroatoms. The molecule has 17 heavy (non-hydrogen) atoms. The maximum atomic E-state index is 11.7. The second-order valence-electron chi connectivity index (χ2n) is 5.04. The van der Waals surface area contributed by atoms with Crippen LogP contribution in [0.3, 0.4) is 0 Å². The quantitative estimate of drug-likeness (QED) is 0.708. The van der Waals surface area contributed by atoms with Crippen molar-refractivity contribution in [1.29, 1.82) is 0 Å². The van der Waals surface area contributed by atoms with Crippen molar-refractivity contribution in [3.05, 3.63) is 0 Å². The number of nitrogens with one attached hydrogen (secondary N) is 1. The highest BCUT2D eigenvalue weighted by atomic mass is 16.5. The molecule has 0 aromatic rings. The first-order valence-corrected chi connectivity index (χ1v) is 6.96. The van der Waals surface area contributed by atoms with Gasteiger partial charge in [-0.05, 0) is 25.7 Å². The number of nitrogens with zero attached hydrogens (tertiary/aromatic N) is 1. The van der Waals surface area contributed by atoms with E-state index in [0.717, 1.165) is 39.1 Å². The van der Waals surface area contributed by atoms with Gasteiger partial charge < -0.3 is 15.0 Å². The number of hydrogen-bond acceptors (Lipinski definition) is 3. The molecule has 0 spiro atoms. The smallest absolute Gasteiger partial charge is 0.236 e. The van der Waals surface area contributed by atoms with Crippen LogP contribution in [0, 0.1) is 0 Å². The van der Waals surface area contributed by atoms with Crippen LogP contribution in [0.4, 0.5) is 0 Å².